The monoisotopic (exact) mass is 311 g/mol. The van der Waals surface area contributed by atoms with E-state index in [0.717, 1.165) is 0 Å². The Morgan fingerprint density at radius 3 is 2.00 bits per heavy atom. The molecule has 1 heteroatoms. The minimum Gasteiger partial charge on any atom is -0.308 e. The van der Waals surface area contributed by atoms with Crippen LogP contribution in [0.5, 0.6) is 0 Å². The Morgan fingerprint density at radius 1 is 0.708 bits per heavy atom. The van der Waals surface area contributed by atoms with Crippen molar-refractivity contribution in [3.8, 4) is 0 Å². The summed E-state index contributed by atoms with van der Waals surface area (Å²) in [6.07, 6.45) is 0. The van der Waals surface area contributed by atoms with Gasteiger partial charge >= 0.3 is 0 Å². The molecule has 0 spiro atoms. The van der Waals surface area contributed by atoms with Crippen molar-refractivity contribution >= 4 is 38.1 Å². The van der Waals surface area contributed by atoms with E-state index < -0.39 is 0 Å². The number of aryl methyl sites for hydroxylation is 1. The molecule has 0 amide bonds. The van der Waals surface area contributed by atoms with E-state index in [-0.39, 0.29) is 5.41 Å². The number of hydrogen-bond acceptors (Lipinski definition) is 0. The molecule has 118 valence electrons. The predicted octanol–water partition coefficient (Wildman–Crippen LogP) is 6.44. The maximum atomic E-state index is 2.47. The maximum absolute atomic E-state index is 2.47. The molecule has 3 aromatic carbocycles. The van der Waals surface area contributed by atoms with Crippen molar-refractivity contribution in [1.29, 1.82) is 0 Å². The van der Waals surface area contributed by atoms with Crippen molar-refractivity contribution in [2.45, 2.75) is 33.1 Å². The Balaban J connectivity index is 2.10. The minimum atomic E-state index is 0.155. The molecule has 0 aliphatic rings. The van der Waals surface area contributed by atoms with Crippen molar-refractivity contribution in [3.63, 3.8) is 0 Å². The fraction of sp³-hybridized carbons (Fsp3) is 0.217. The van der Waals surface area contributed by atoms with Crippen LogP contribution in [-0.2, 0) is 5.41 Å². The van der Waals surface area contributed by atoms with E-state index in [2.05, 4.69) is 86.7 Å². The van der Waals surface area contributed by atoms with Crippen LogP contribution >= 0.6 is 0 Å². The van der Waals surface area contributed by atoms with Gasteiger partial charge in [-0.3, -0.25) is 0 Å². The van der Waals surface area contributed by atoms with Crippen LogP contribution in [0.3, 0.4) is 0 Å². The molecule has 0 radical (unpaired) electrons. The standard InChI is InChI=1S/C23H21N/c1-14-8-10-16-18-6-5-7-19-17-11-9-15(23(2,3)4)13-21(17)24(22(18)19)20(16)12-14/h5-13H,1-4H3. The molecule has 0 aliphatic carbocycles. The number of nitrogens with zero attached hydrogens (tertiary/aromatic N) is 1. The highest BCUT2D eigenvalue weighted by molar-refractivity contribution is 6.23. The van der Waals surface area contributed by atoms with E-state index in [1.807, 2.05) is 0 Å². The molecule has 5 rings (SSSR count). The molecule has 24 heavy (non-hydrogen) atoms. The van der Waals surface area contributed by atoms with Gasteiger partial charge in [0, 0.05) is 21.5 Å². The Bertz CT molecular complexity index is 1230. The van der Waals surface area contributed by atoms with Crippen LogP contribution in [0.15, 0.2) is 54.6 Å². The lowest BCUT2D eigenvalue weighted by molar-refractivity contribution is 0.591. The molecule has 1 nitrogen and oxygen atoms in total. The van der Waals surface area contributed by atoms with Crippen molar-refractivity contribution in [3.05, 3.63) is 65.7 Å². The van der Waals surface area contributed by atoms with Gasteiger partial charge in [-0.05, 0) is 35.6 Å². The fourth-order valence-corrected chi connectivity index (χ4v) is 4.06. The van der Waals surface area contributed by atoms with Crippen LogP contribution < -0.4 is 0 Å². The van der Waals surface area contributed by atoms with E-state index in [9.17, 15) is 0 Å². The first-order valence-corrected chi connectivity index (χ1v) is 8.64. The smallest absolute Gasteiger partial charge is 0.0620 e. The van der Waals surface area contributed by atoms with Crippen LogP contribution in [0.2, 0.25) is 0 Å². The summed E-state index contributed by atoms with van der Waals surface area (Å²) in [5, 5.41) is 5.42. The number of rotatable bonds is 0. The van der Waals surface area contributed by atoms with Crippen molar-refractivity contribution in [1.82, 2.24) is 4.40 Å². The van der Waals surface area contributed by atoms with Gasteiger partial charge in [0.2, 0.25) is 0 Å². The molecule has 0 unspecified atom stereocenters. The molecule has 2 heterocycles. The molecule has 5 aromatic rings. The third-order valence-corrected chi connectivity index (χ3v) is 5.34. The van der Waals surface area contributed by atoms with Gasteiger partial charge in [0.15, 0.2) is 0 Å². The number of fused-ring (bicyclic) bond motifs is 6. The molecule has 0 atom stereocenters. The van der Waals surface area contributed by atoms with Crippen LogP contribution in [0.25, 0.3) is 38.1 Å². The zero-order valence-corrected chi connectivity index (χ0v) is 14.6. The number of benzene rings is 3. The quantitative estimate of drug-likeness (QED) is 0.310. The second-order valence-corrected chi connectivity index (χ2v) is 8.04. The summed E-state index contributed by atoms with van der Waals surface area (Å²) in [5.41, 5.74) is 6.86. The Kier molecular flexibility index (Phi) is 2.48. The summed E-state index contributed by atoms with van der Waals surface area (Å²) in [7, 11) is 0. The second kappa shape index (κ2) is 4.30. The molecule has 0 saturated carbocycles. The largest absolute Gasteiger partial charge is 0.308 e. The lowest BCUT2D eigenvalue weighted by atomic mass is 9.86. The van der Waals surface area contributed by atoms with Gasteiger partial charge in [0.1, 0.15) is 0 Å². The summed E-state index contributed by atoms with van der Waals surface area (Å²) in [5.74, 6) is 0. The normalized spacial score (nSPS) is 13.0. The topological polar surface area (TPSA) is 4.41 Å². The van der Waals surface area contributed by atoms with Crippen LogP contribution in [0.1, 0.15) is 31.9 Å². The Hall–Kier alpha value is -2.54. The van der Waals surface area contributed by atoms with E-state index in [4.69, 9.17) is 0 Å². The van der Waals surface area contributed by atoms with Gasteiger partial charge in [0.25, 0.3) is 0 Å². The number of para-hydroxylation sites is 1. The molecule has 0 bridgehead atoms. The Labute approximate surface area is 141 Å². The maximum Gasteiger partial charge on any atom is 0.0620 e. The van der Waals surface area contributed by atoms with Crippen LogP contribution in [0, 0.1) is 6.92 Å². The Morgan fingerprint density at radius 2 is 1.33 bits per heavy atom. The first-order chi connectivity index (χ1) is 11.4. The number of hydrogen-bond donors (Lipinski definition) is 0. The van der Waals surface area contributed by atoms with Gasteiger partial charge < -0.3 is 4.40 Å². The minimum absolute atomic E-state index is 0.155. The van der Waals surface area contributed by atoms with Gasteiger partial charge in [-0.2, -0.15) is 0 Å². The third-order valence-electron chi connectivity index (χ3n) is 5.34. The highest BCUT2D eigenvalue weighted by Gasteiger charge is 2.19. The van der Waals surface area contributed by atoms with Crippen LogP contribution in [-0.4, -0.2) is 4.40 Å². The molecule has 0 saturated heterocycles. The van der Waals surface area contributed by atoms with E-state index in [1.165, 1.54) is 49.2 Å². The van der Waals surface area contributed by atoms with E-state index >= 15 is 0 Å². The first kappa shape index (κ1) is 13.9. The molecule has 2 aromatic heterocycles. The average Bonchev–Trinajstić information content (AvgIpc) is 3.04. The second-order valence-electron chi connectivity index (χ2n) is 8.04. The first-order valence-electron chi connectivity index (χ1n) is 8.64. The average molecular weight is 311 g/mol. The van der Waals surface area contributed by atoms with Crippen LogP contribution in [0.4, 0.5) is 0 Å². The molecule has 0 N–H and O–H groups in total. The van der Waals surface area contributed by atoms with Crippen molar-refractivity contribution < 1.29 is 0 Å². The predicted molar refractivity (Wildman–Crippen MR) is 105 cm³/mol. The molecule has 0 aliphatic heterocycles. The van der Waals surface area contributed by atoms with E-state index in [1.54, 1.807) is 0 Å². The van der Waals surface area contributed by atoms with Crippen molar-refractivity contribution in [2.24, 2.45) is 0 Å². The van der Waals surface area contributed by atoms with Gasteiger partial charge in [-0.15, -0.1) is 0 Å². The fourth-order valence-electron chi connectivity index (χ4n) is 4.06. The summed E-state index contributed by atoms with van der Waals surface area (Å²) < 4.78 is 2.47. The van der Waals surface area contributed by atoms with Gasteiger partial charge in [0.05, 0.1) is 16.6 Å². The highest BCUT2D eigenvalue weighted by atomic mass is 14.9. The molecular formula is C23H21N. The van der Waals surface area contributed by atoms with Gasteiger partial charge in [-0.1, -0.05) is 63.2 Å². The number of aromatic nitrogens is 1. The highest BCUT2D eigenvalue weighted by Crippen LogP contribution is 2.40. The summed E-state index contributed by atoms with van der Waals surface area (Å²) in [6, 6.07) is 20.5. The summed E-state index contributed by atoms with van der Waals surface area (Å²) in [4.78, 5) is 0. The summed E-state index contributed by atoms with van der Waals surface area (Å²) in [6.45, 7) is 9.02. The molecular weight excluding hydrogens is 290 g/mol. The SMILES string of the molecule is Cc1ccc2c3cccc4c5ccc(C(C)(C)C)cc5n(c2c1)c34. The van der Waals surface area contributed by atoms with Gasteiger partial charge in [-0.25, -0.2) is 0 Å². The zero-order valence-electron chi connectivity index (χ0n) is 14.6. The van der Waals surface area contributed by atoms with Crippen molar-refractivity contribution in [2.75, 3.05) is 0 Å². The lowest BCUT2D eigenvalue weighted by Crippen LogP contribution is -2.10. The lowest BCUT2D eigenvalue weighted by Gasteiger charge is -2.19. The summed E-state index contributed by atoms with van der Waals surface area (Å²) >= 11 is 0. The molecule has 0 fully saturated rings. The zero-order chi connectivity index (χ0) is 16.6. The van der Waals surface area contributed by atoms with E-state index in [0.29, 0.717) is 0 Å². The third kappa shape index (κ3) is 1.65.